The third kappa shape index (κ3) is 5.62. The molecule has 1 unspecified atom stereocenters. The number of ether oxygens (including phenoxy) is 1. The van der Waals surface area contributed by atoms with Gasteiger partial charge in [-0.15, -0.1) is 0 Å². The molecule has 0 saturated carbocycles. The first-order valence-electron chi connectivity index (χ1n) is 13.0. The number of nitrogens with zero attached hydrogens (tertiary/aromatic N) is 3. The van der Waals surface area contributed by atoms with Crippen molar-refractivity contribution in [2.45, 2.75) is 33.1 Å². The standard InChI is InChI=1S/C32H27F2N3O4/c1-18-12-20(3)37(24-7-5-23(33)6-8-24)32(40)30(18)27(39)14-21-4-9-28(25(34)13-21)41-29-10-11-35-26-15-22(19(2)17-38)16-36-31(26)29/h4-13,15-16,19,38H,14,17H2,1-3H3. The molecule has 0 fully saturated rings. The molecule has 1 N–H and O–H groups in total. The highest BCUT2D eigenvalue weighted by Crippen LogP contribution is 2.31. The van der Waals surface area contributed by atoms with Crippen LogP contribution in [-0.2, 0) is 6.42 Å². The van der Waals surface area contributed by atoms with E-state index in [4.69, 9.17) is 4.74 Å². The second kappa shape index (κ2) is 11.4. The lowest BCUT2D eigenvalue weighted by atomic mass is 9.99. The molecule has 7 nitrogen and oxygen atoms in total. The van der Waals surface area contributed by atoms with Crippen molar-refractivity contribution in [3.05, 3.63) is 123 Å². The average molecular weight is 556 g/mol. The van der Waals surface area contributed by atoms with Crippen molar-refractivity contribution in [1.29, 1.82) is 0 Å². The summed E-state index contributed by atoms with van der Waals surface area (Å²) in [6.45, 7) is 5.24. The molecule has 0 aliphatic heterocycles. The molecular weight excluding hydrogens is 528 g/mol. The van der Waals surface area contributed by atoms with Gasteiger partial charge < -0.3 is 9.84 Å². The van der Waals surface area contributed by atoms with Crippen molar-refractivity contribution < 1.29 is 23.4 Å². The Labute approximate surface area is 234 Å². The van der Waals surface area contributed by atoms with Gasteiger partial charge in [0.25, 0.3) is 5.56 Å². The maximum atomic E-state index is 15.1. The molecule has 0 aliphatic carbocycles. The number of carbonyl (C=O) groups excluding carboxylic acids is 1. The molecule has 208 valence electrons. The van der Waals surface area contributed by atoms with E-state index in [1.807, 2.05) is 6.92 Å². The molecule has 5 aromatic rings. The van der Waals surface area contributed by atoms with Crippen molar-refractivity contribution >= 4 is 16.8 Å². The number of ketones is 1. The van der Waals surface area contributed by atoms with Crippen LogP contribution in [0.4, 0.5) is 8.78 Å². The predicted molar refractivity (Wildman–Crippen MR) is 151 cm³/mol. The summed E-state index contributed by atoms with van der Waals surface area (Å²) in [7, 11) is 0. The summed E-state index contributed by atoms with van der Waals surface area (Å²) in [5, 5.41) is 9.42. The van der Waals surface area contributed by atoms with Crippen molar-refractivity contribution in [3.63, 3.8) is 0 Å². The predicted octanol–water partition coefficient (Wildman–Crippen LogP) is 5.99. The average Bonchev–Trinajstić information content (AvgIpc) is 2.94. The lowest BCUT2D eigenvalue weighted by molar-refractivity contribution is 0.0990. The number of pyridine rings is 3. The minimum absolute atomic E-state index is 0.00937. The van der Waals surface area contributed by atoms with Crippen molar-refractivity contribution in [1.82, 2.24) is 14.5 Å². The minimum Gasteiger partial charge on any atom is -0.452 e. The van der Waals surface area contributed by atoms with E-state index < -0.39 is 23.0 Å². The SMILES string of the molecule is Cc1cc(C)n(-c2ccc(F)cc2)c(=O)c1C(=O)Cc1ccc(Oc2ccnc3cc(C(C)CO)cnc23)c(F)c1. The fourth-order valence-corrected chi connectivity index (χ4v) is 4.75. The highest BCUT2D eigenvalue weighted by Gasteiger charge is 2.20. The number of hydrogen-bond acceptors (Lipinski definition) is 6. The van der Waals surface area contributed by atoms with Crippen LogP contribution in [0.1, 0.15) is 45.6 Å². The first-order chi connectivity index (χ1) is 19.7. The minimum atomic E-state index is -0.685. The van der Waals surface area contributed by atoms with Gasteiger partial charge in [-0.05, 0) is 79.1 Å². The van der Waals surface area contributed by atoms with E-state index >= 15 is 4.39 Å². The molecule has 0 aliphatic rings. The third-order valence-electron chi connectivity index (χ3n) is 6.94. The lowest BCUT2D eigenvalue weighted by Gasteiger charge is -2.14. The molecule has 0 bridgehead atoms. The number of Topliss-reactive ketones (excluding diaryl/α,β-unsaturated/α-hetero) is 1. The summed E-state index contributed by atoms with van der Waals surface area (Å²) >= 11 is 0. The van der Waals surface area contributed by atoms with Crippen LogP contribution in [-0.4, -0.2) is 32.0 Å². The second-order valence-corrected chi connectivity index (χ2v) is 9.96. The first-order valence-corrected chi connectivity index (χ1v) is 13.0. The van der Waals surface area contributed by atoms with E-state index in [9.17, 15) is 19.1 Å². The number of aliphatic hydroxyl groups is 1. The summed E-state index contributed by atoms with van der Waals surface area (Å²) in [6.07, 6.45) is 2.95. The van der Waals surface area contributed by atoms with Gasteiger partial charge in [-0.3, -0.25) is 24.1 Å². The van der Waals surface area contributed by atoms with Crippen molar-refractivity contribution in [2.75, 3.05) is 6.61 Å². The Balaban J connectivity index is 1.40. The molecular formula is C32H27F2N3O4. The van der Waals surface area contributed by atoms with Crippen molar-refractivity contribution in [3.8, 4) is 17.2 Å². The van der Waals surface area contributed by atoms with Crippen LogP contribution < -0.4 is 10.3 Å². The largest absolute Gasteiger partial charge is 0.452 e. The Morgan fingerprint density at radius 2 is 1.76 bits per heavy atom. The first kappa shape index (κ1) is 27.8. The third-order valence-corrected chi connectivity index (χ3v) is 6.94. The number of aliphatic hydroxyl groups excluding tert-OH is 1. The molecule has 9 heteroatoms. The van der Waals surface area contributed by atoms with E-state index in [1.54, 1.807) is 44.3 Å². The molecule has 0 saturated heterocycles. The zero-order valence-corrected chi connectivity index (χ0v) is 22.7. The molecule has 2 aromatic carbocycles. The van der Waals surface area contributed by atoms with Gasteiger partial charge in [0.05, 0.1) is 11.1 Å². The summed E-state index contributed by atoms with van der Waals surface area (Å²) in [6, 6.07) is 14.7. The zero-order chi connectivity index (χ0) is 29.3. The number of rotatable bonds is 8. The van der Waals surface area contributed by atoms with Crippen LogP contribution >= 0.6 is 0 Å². The van der Waals surface area contributed by atoms with Crippen LogP contribution in [0.3, 0.4) is 0 Å². The maximum Gasteiger partial charge on any atom is 0.266 e. The molecule has 1 atom stereocenters. The van der Waals surface area contributed by atoms with Crippen LogP contribution in [0.25, 0.3) is 16.7 Å². The molecule has 41 heavy (non-hydrogen) atoms. The van der Waals surface area contributed by atoms with Crippen LogP contribution in [0.2, 0.25) is 0 Å². The lowest BCUT2D eigenvalue weighted by Crippen LogP contribution is -2.29. The quantitative estimate of drug-likeness (QED) is 0.237. The second-order valence-electron chi connectivity index (χ2n) is 9.96. The summed E-state index contributed by atoms with van der Waals surface area (Å²) in [4.78, 5) is 35.4. The summed E-state index contributed by atoms with van der Waals surface area (Å²) in [5.74, 6) is -1.46. The number of aryl methyl sites for hydroxylation is 2. The number of aromatic nitrogens is 3. The van der Waals surface area contributed by atoms with Gasteiger partial charge in [-0.1, -0.05) is 13.0 Å². The van der Waals surface area contributed by atoms with Crippen LogP contribution in [0, 0.1) is 25.5 Å². The number of halogens is 2. The smallest absolute Gasteiger partial charge is 0.266 e. The molecule has 0 radical (unpaired) electrons. The molecule has 0 spiro atoms. The Morgan fingerprint density at radius 1 is 1.00 bits per heavy atom. The summed E-state index contributed by atoms with van der Waals surface area (Å²) in [5.41, 5.74) is 3.18. The zero-order valence-electron chi connectivity index (χ0n) is 22.7. The van der Waals surface area contributed by atoms with Gasteiger partial charge in [0.2, 0.25) is 0 Å². The highest BCUT2D eigenvalue weighted by molar-refractivity contribution is 5.98. The normalized spacial score (nSPS) is 12.0. The van der Waals surface area contributed by atoms with Crippen molar-refractivity contribution in [2.24, 2.45) is 0 Å². The summed E-state index contributed by atoms with van der Waals surface area (Å²) < 4.78 is 35.8. The highest BCUT2D eigenvalue weighted by atomic mass is 19.1. The Hall–Kier alpha value is -4.76. The van der Waals surface area contributed by atoms with Gasteiger partial charge in [0.1, 0.15) is 11.3 Å². The monoisotopic (exact) mass is 555 g/mol. The van der Waals surface area contributed by atoms with Gasteiger partial charge in [0, 0.05) is 48.8 Å². The van der Waals surface area contributed by atoms with Gasteiger partial charge in [-0.2, -0.15) is 0 Å². The number of benzene rings is 2. The maximum absolute atomic E-state index is 15.1. The topological polar surface area (TPSA) is 94.3 Å². The van der Waals surface area contributed by atoms with E-state index in [0.29, 0.717) is 39.3 Å². The number of carbonyl (C=O) groups is 1. The number of fused-ring (bicyclic) bond motifs is 1. The Morgan fingerprint density at radius 3 is 2.46 bits per heavy atom. The Bertz CT molecular complexity index is 1830. The fraction of sp³-hybridized carbons (Fsp3) is 0.188. The molecule has 0 amide bonds. The van der Waals surface area contributed by atoms with E-state index in [2.05, 4.69) is 9.97 Å². The van der Waals surface area contributed by atoms with Gasteiger partial charge in [-0.25, -0.2) is 8.78 Å². The van der Waals surface area contributed by atoms with Crippen LogP contribution in [0.15, 0.2) is 77.9 Å². The molecule has 3 heterocycles. The van der Waals surface area contributed by atoms with Gasteiger partial charge in [0.15, 0.2) is 23.1 Å². The molecule has 3 aromatic heterocycles. The van der Waals surface area contributed by atoms with Crippen LogP contribution in [0.5, 0.6) is 11.5 Å². The van der Waals surface area contributed by atoms with E-state index in [1.165, 1.54) is 47.2 Å². The molecule has 5 rings (SSSR count). The Kier molecular flexibility index (Phi) is 7.72. The van der Waals surface area contributed by atoms with E-state index in [-0.39, 0.29) is 30.3 Å². The fourth-order valence-electron chi connectivity index (χ4n) is 4.75. The van der Waals surface area contributed by atoms with E-state index in [0.717, 1.165) is 5.56 Å². The number of hydrogen-bond donors (Lipinski definition) is 1. The van der Waals surface area contributed by atoms with Gasteiger partial charge >= 0.3 is 0 Å².